The molecule has 1 heterocycles. The van der Waals surface area contributed by atoms with Crippen LogP contribution >= 0.6 is 0 Å². The van der Waals surface area contributed by atoms with Crippen molar-refractivity contribution in [3.8, 4) is 23.0 Å². The second-order valence-corrected chi connectivity index (χ2v) is 12.5. The van der Waals surface area contributed by atoms with Crippen molar-refractivity contribution in [3.05, 3.63) is 89.5 Å². The first kappa shape index (κ1) is 36.8. The van der Waals surface area contributed by atoms with E-state index in [2.05, 4.69) is 5.32 Å². The Morgan fingerprint density at radius 2 is 1.59 bits per heavy atom. The second kappa shape index (κ2) is 14.4. The number of carbonyl (C=O) groups excluding carboxylic acids is 3. The summed E-state index contributed by atoms with van der Waals surface area (Å²) in [5.74, 6) is -8.62. The van der Waals surface area contributed by atoms with Crippen LogP contribution in [0.2, 0.25) is 0 Å². The van der Waals surface area contributed by atoms with Crippen LogP contribution in [-0.2, 0) is 35.0 Å². The van der Waals surface area contributed by atoms with Gasteiger partial charge in [-0.05, 0) is 61.0 Å². The van der Waals surface area contributed by atoms with Gasteiger partial charge in [-0.1, -0.05) is 36.4 Å². The summed E-state index contributed by atoms with van der Waals surface area (Å²) in [4.78, 5) is 53.3. The first-order chi connectivity index (χ1) is 24.1. The number of carbonyl (C=O) groups is 4. The van der Waals surface area contributed by atoms with Gasteiger partial charge in [0.25, 0.3) is 0 Å². The number of likely N-dealkylation sites (N-methyl/N-ethyl adjacent to an activating group) is 1. The van der Waals surface area contributed by atoms with Crippen LogP contribution in [-0.4, -0.2) is 102 Å². The Morgan fingerprint density at radius 1 is 0.922 bits per heavy atom. The van der Waals surface area contributed by atoms with Crippen molar-refractivity contribution in [3.63, 3.8) is 0 Å². The van der Waals surface area contributed by atoms with Gasteiger partial charge >= 0.3 is 17.9 Å². The predicted octanol–water partition coefficient (Wildman–Crippen LogP) is 1.76. The predicted molar refractivity (Wildman–Crippen MR) is 175 cm³/mol. The summed E-state index contributed by atoms with van der Waals surface area (Å²) < 4.78 is 17.8. The number of hydrogen-bond acceptors (Lipinski definition) is 14. The minimum atomic E-state index is -2.69. The van der Waals surface area contributed by atoms with E-state index >= 15 is 0 Å². The normalized spacial score (nSPS) is 27.3. The number of aliphatic hydroxyl groups is 2. The first-order valence-corrected chi connectivity index (χ1v) is 15.8. The zero-order chi connectivity index (χ0) is 37.1. The van der Waals surface area contributed by atoms with E-state index in [-0.39, 0.29) is 30.6 Å². The van der Waals surface area contributed by atoms with Gasteiger partial charge in [-0.2, -0.15) is 0 Å². The van der Waals surface area contributed by atoms with Crippen LogP contribution < -0.4 is 5.32 Å². The van der Waals surface area contributed by atoms with Gasteiger partial charge in [-0.15, -0.1) is 0 Å². The second-order valence-electron chi connectivity index (χ2n) is 12.5. The summed E-state index contributed by atoms with van der Waals surface area (Å²) in [5.41, 5.74) is -6.86. The number of ketones is 1. The summed E-state index contributed by atoms with van der Waals surface area (Å²) in [6.45, 7) is -0.202. The lowest BCUT2D eigenvalue weighted by molar-refractivity contribution is -0.339. The molecule has 6 unspecified atom stereocenters. The minimum Gasteiger partial charge on any atom is -0.504 e. The number of fused-ring (bicyclic) bond motifs is 1. The molecule has 0 spiro atoms. The Balaban J connectivity index is 1.62. The van der Waals surface area contributed by atoms with E-state index in [9.17, 15) is 54.9 Å². The minimum absolute atomic E-state index is 0.175. The molecular weight excluding hydrogens is 670 g/mol. The molecule has 15 heteroatoms. The number of esters is 2. The summed E-state index contributed by atoms with van der Waals surface area (Å²) in [6.07, 6.45) is -3.71. The lowest BCUT2D eigenvalue weighted by Crippen LogP contribution is -2.83. The number of rotatable bonds is 11. The number of ether oxygens (including phenoxy) is 3. The Morgan fingerprint density at radius 3 is 2.22 bits per heavy atom. The molecular formula is C36H37NO14. The van der Waals surface area contributed by atoms with Crippen LogP contribution in [0.5, 0.6) is 23.0 Å². The number of carboxylic acid groups (broad SMARTS) is 1. The van der Waals surface area contributed by atoms with Gasteiger partial charge in [0, 0.05) is 30.4 Å². The topological polar surface area (TPSA) is 250 Å². The molecule has 5 rings (SSSR count). The molecule has 3 aromatic carbocycles. The van der Waals surface area contributed by atoms with Crippen molar-refractivity contribution in [1.29, 1.82) is 0 Å². The molecule has 1 saturated carbocycles. The van der Waals surface area contributed by atoms with Crippen molar-refractivity contribution in [1.82, 2.24) is 5.32 Å². The third-order valence-electron chi connectivity index (χ3n) is 9.43. The number of benzene rings is 3. The van der Waals surface area contributed by atoms with Gasteiger partial charge in [0.15, 0.2) is 46.2 Å². The molecule has 0 radical (unpaired) electrons. The average Bonchev–Trinajstić information content (AvgIpc) is 3.09. The highest BCUT2D eigenvalue weighted by atomic mass is 16.6. The monoisotopic (exact) mass is 707 g/mol. The summed E-state index contributed by atoms with van der Waals surface area (Å²) in [5, 5.41) is 76.3. The van der Waals surface area contributed by atoms with E-state index in [0.29, 0.717) is 5.56 Å². The number of nitrogens with one attached hydrogen (secondary N) is 1. The number of Topliss-reactive ketones (excluding diaryl/α,β-unsaturated/α-hetero) is 1. The Hall–Kier alpha value is -5.48. The highest BCUT2D eigenvalue weighted by molar-refractivity contribution is 6.06. The maximum absolute atomic E-state index is 13.7. The molecule has 1 aliphatic heterocycles. The van der Waals surface area contributed by atoms with E-state index in [1.807, 2.05) is 0 Å². The van der Waals surface area contributed by atoms with Crippen molar-refractivity contribution in [2.75, 3.05) is 13.7 Å². The molecule has 1 aliphatic carbocycles. The highest BCUT2D eigenvalue weighted by Gasteiger charge is 2.75. The fourth-order valence-corrected chi connectivity index (χ4v) is 6.76. The smallest absolute Gasteiger partial charge is 0.336 e. The van der Waals surface area contributed by atoms with Gasteiger partial charge in [0.05, 0.1) is 6.61 Å². The van der Waals surface area contributed by atoms with Crippen LogP contribution in [0.15, 0.2) is 72.8 Å². The lowest BCUT2D eigenvalue weighted by Gasteiger charge is -2.61. The van der Waals surface area contributed by atoms with Crippen LogP contribution in [0.1, 0.15) is 40.7 Å². The maximum Gasteiger partial charge on any atom is 0.336 e. The van der Waals surface area contributed by atoms with E-state index in [1.54, 1.807) is 30.3 Å². The number of phenols is 4. The van der Waals surface area contributed by atoms with Crippen LogP contribution in [0.4, 0.5) is 0 Å². The van der Waals surface area contributed by atoms with Crippen LogP contribution in [0.3, 0.4) is 0 Å². The first-order valence-electron chi connectivity index (χ1n) is 15.8. The van der Waals surface area contributed by atoms with Gasteiger partial charge in [0.1, 0.15) is 12.5 Å². The average molecular weight is 708 g/mol. The number of hydrogen-bond donors (Lipinski definition) is 8. The SMILES string of the molecule is CNC1(O)CCOC2CC(O)(C(=O)O)C(Cc3ccccc3)C(OC(=O)CC(=O)c3ccc(O)c(O)c3)C21OC(=O)C=Cc1ccc(O)c(O)c1. The maximum atomic E-state index is 13.7. The Bertz CT molecular complexity index is 1850. The molecule has 1 saturated heterocycles. The molecule has 2 fully saturated rings. The molecule has 0 aromatic heterocycles. The molecule has 15 nitrogen and oxygen atoms in total. The summed E-state index contributed by atoms with van der Waals surface area (Å²) in [7, 11) is 1.33. The summed E-state index contributed by atoms with van der Waals surface area (Å²) >= 11 is 0. The molecule has 0 bridgehead atoms. The van der Waals surface area contributed by atoms with Crippen molar-refractivity contribution < 1.29 is 69.1 Å². The molecule has 270 valence electrons. The quantitative estimate of drug-likeness (QED) is 0.0353. The van der Waals surface area contributed by atoms with Gasteiger partial charge < -0.3 is 50.0 Å². The zero-order valence-electron chi connectivity index (χ0n) is 27.3. The summed E-state index contributed by atoms with van der Waals surface area (Å²) in [6, 6.07) is 15.1. The van der Waals surface area contributed by atoms with Crippen molar-refractivity contribution in [2.24, 2.45) is 5.92 Å². The van der Waals surface area contributed by atoms with Gasteiger partial charge in [-0.25, -0.2) is 9.59 Å². The molecule has 3 aromatic rings. The highest BCUT2D eigenvalue weighted by Crippen LogP contribution is 2.53. The molecule has 0 amide bonds. The fraction of sp³-hybridized carbons (Fsp3) is 0.333. The van der Waals surface area contributed by atoms with Crippen molar-refractivity contribution in [2.45, 2.75) is 54.8 Å². The van der Waals surface area contributed by atoms with Gasteiger partial charge in [-0.3, -0.25) is 14.9 Å². The Labute approximate surface area is 291 Å². The lowest BCUT2D eigenvalue weighted by atomic mass is 9.58. The van der Waals surface area contributed by atoms with Crippen molar-refractivity contribution >= 4 is 29.8 Å². The third kappa shape index (κ3) is 7.09. The molecule has 8 N–H and O–H groups in total. The molecule has 2 aliphatic rings. The number of aromatic hydroxyl groups is 4. The Kier molecular flexibility index (Phi) is 10.4. The molecule has 6 atom stereocenters. The van der Waals surface area contributed by atoms with E-state index in [4.69, 9.17) is 14.2 Å². The number of phenolic OH excluding ortho intramolecular Hbond substituents is 4. The zero-order valence-corrected chi connectivity index (χ0v) is 27.3. The third-order valence-corrected chi connectivity index (χ3v) is 9.43. The number of carboxylic acids is 1. The van der Waals surface area contributed by atoms with E-state index in [1.165, 1.54) is 25.3 Å². The standard InChI is InChI=1S/C36H37NO14/c1-37-35(48)13-14-49-29-19-34(47,33(45)46)23(15-20-5-3-2-4-6-20)32(50-31(44)18-26(40)22-9-11-25(39)28(42)17-22)36(29,35)51-30(43)12-8-21-7-10-24(38)27(41)16-21/h2-12,16-17,23,29,32,37-39,41-42,47-48H,13-15,18-19H2,1H3,(H,45,46). The van der Waals surface area contributed by atoms with E-state index in [0.717, 1.165) is 30.3 Å². The van der Waals surface area contributed by atoms with Crippen LogP contribution in [0, 0.1) is 5.92 Å². The van der Waals surface area contributed by atoms with Crippen LogP contribution in [0.25, 0.3) is 6.08 Å². The molecule has 51 heavy (non-hydrogen) atoms. The largest absolute Gasteiger partial charge is 0.504 e. The number of aliphatic carboxylic acids is 1. The van der Waals surface area contributed by atoms with Gasteiger partial charge in [0.2, 0.25) is 5.60 Å². The fourth-order valence-electron chi connectivity index (χ4n) is 6.76. The van der Waals surface area contributed by atoms with E-state index < -0.39 is 94.6 Å².